The smallest absolute Gasteiger partial charge is 0.268 e. The third kappa shape index (κ3) is 5.11. The van der Waals surface area contributed by atoms with Crippen molar-refractivity contribution in [1.82, 2.24) is 24.1 Å². The van der Waals surface area contributed by atoms with Gasteiger partial charge in [-0.25, -0.2) is 14.1 Å². The molecule has 8 nitrogen and oxygen atoms in total. The van der Waals surface area contributed by atoms with Crippen LogP contribution >= 0.6 is 11.3 Å². The van der Waals surface area contributed by atoms with Crippen LogP contribution in [0.1, 0.15) is 42.4 Å². The average Bonchev–Trinajstić information content (AvgIpc) is 3.56. The summed E-state index contributed by atoms with van der Waals surface area (Å²) in [6.45, 7) is 10.2. The lowest BCUT2D eigenvalue weighted by Crippen LogP contribution is -2.49. The van der Waals surface area contributed by atoms with Crippen LogP contribution in [-0.2, 0) is 11.2 Å². The van der Waals surface area contributed by atoms with Gasteiger partial charge in [0.15, 0.2) is 4.96 Å². The molecule has 2 aromatic carbocycles. The van der Waals surface area contributed by atoms with Crippen molar-refractivity contribution in [3.05, 3.63) is 98.8 Å². The molecule has 216 valence electrons. The van der Waals surface area contributed by atoms with Crippen LogP contribution < -0.4 is 10.5 Å². The Morgan fingerprint density at radius 3 is 2.43 bits per heavy atom. The van der Waals surface area contributed by atoms with Crippen LogP contribution in [0, 0.1) is 19.7 Å². The lowest BCUT2D eigenvalue weighted by molar-refractivity contribution is -0.130. The van der Waals surface area contributed by atoms with E-state index in [4.69, 9.17) is 10.1 Å². The van der Waals surface area contributed by atoms with Gasteiger partial charge < -0.3 is 9.80 Å². The lowest BCUT2D eigenvalue weighted by atomic mass is 10.0. The Hall–Kier alpha value is -4.31. The number of benzene rings is 2. The highest BCUT2D eigenvalue weighted by molar-refractivity contribution is 7.15. The topological polar surface area (TPSA) is 75.7 Å². The van der Waals surface area contributed by atoms with Crippen molar-refractivity contribution in [2.24, 2.45) is 0 Å². The Labute approximate surface area is 247 Å². The molecule has 1 saturated heterocycles. The summed E-state index contributed by atoms with van der Waals surface area (Å²) in [5.41, 5.74) is 5.59. The Bertz CT molecular complexity index is 1830. The molecule has 1 fully saturated rings. The largest absolute Gasteiger partial charge is 0.366 e. The molecule has 1 aliphatic rings. The van der Waals surface area contributed by atoms with E-state index in [-0.39, 0.29) is 23.7 Å². The number of hydrogen-bond donors (Lipinski definition) is 0. The number of halogens is 1. The first-order valence-corrected chi connectivity index (χ1v) is 15.0. The van der Waals surface area contributed by atoms with E-state index in [9.17, 15) is 14.0 Å². The molecule has 0 radical (unpaired) electrons. The monoisotopic (exact) mass is 584 g/mol. The van der Waals surface area contributed by atoms with Crippen LogP contribution in [0.3, 0.4) is 0 Å². The number of para-hydroxylation sites is 1. The highest BCUT2D eigenvalue weighted by Crippen LogP contribution is 2.25. The number of aromatic nitrogens is 4. The zero-order valence-electron chi connectivity index (χ0n) is 24.2. The molecule has 3 aromatic heterocycles. The summed E-state index contributed by atoms with van der Waals surface area (Å²) in [6, 6.07) is 16.9. The van der Waals surface area contributed by atoms with Gasteiger partial charge in [0, 0.05) is 42.9 Å². The number of hydrogen-bond acceptors (Lipinski definition) is 6. The third-order valence-electron chi connectivity index (χ3n) is 7.93. The molecule has 1 amide bonds. The van der Waals surface area contributed by atoms with Gasteiger partial charge in [0.2, 0.25) is 5.91 Å². The van der Waals surface area contributed by atoms with Gasteiger partial charge in [0.25, 0.3) is 5.56 Å². The van der Waals surface area contributed by atoms with E-state index in [0.717, 1.165) is 11.4 Å². The number of anilines is 1. The molecule has 0 N–H and O–H groups in total. The molecule has 1 aliphatic heterocycles. The van der Waals surface area contributed by atoms with Crippen molar-refractivity contribution < 1.29 is 9.18 Å². The van der Waals surface area contributed by atoms with Gasteiger partial charge in [0.1, 0.15) is 11.5 Å². The molecule has 0 unspecified atom stereocenters. The summed E-state index contributed by atoms with van der Waals surface area (Å²) in [4.78, 5) is 36.2. The van der Waals surface area contributed by atoms with E-state index >= 15 is 0 Å². The molecular weight excluding hydrogens is 551 g/mol. The molecule has 0 aliphatic carbocycles. The number of fused-ring (bicyclic) bond motifs is 1. The van der Waals surface area contributed by atoms with E-state index in [1.165, 1.54) is 23.0 Å². The highest BCUT2D eigenvalue weighted by Gasteiger charge is 2.25. The first-order chi connectivity index (χ1) is 20.2. The van der Waals surface area contributed by atoms with Crippen LogP contribution in [0.4, 0.5) is 10.1 Å². The summed E-state index contributed by atoms with van der Waals surface area (Å²) < 4.78 is 17.6. The van der Waals surface area contributed by atoms with E-state index < -0.39 is 0 Å². The zero-order chi connectivity index (χ0) is 29.5. The predicted molar refractivity (Wildman–Crippen MR) is 164 cm³/mol. The van der Waals surface area contributed by atoms with Crippen LogP contribution in [0.5, 0.6) is 0 Å². The third-order valence-corrected chi connectivity index (χ3v) is 8.80. The van der Waals surface area contributed by atoms with Gasteiger partial charge in [-0.2, -0.15) is 5.10 Å². The van der Waals surface area contributed by atoms with Gasteiger partial charge in [-0.15, -0.1) is 11.3 Å². The van der Waals surface area contributed by atoms with Crippen LogP contribution in [0.25, 0.3) is 21.9 Å². The molecule has 42 heavy (non-hydrogen) atoms. The molecular formula is C32H33FN6O2S. The Balaban J connectivity index is 1.25. The van der Waals surface area contributed by atoms with Gasteiger partial charge in [0.05, 0.1) is 29.1 Å². The number of carbonyl (C=O) groups is 1. The molecule has 0 atom stereocenters. The number of carbonyl (C=O) groups excluding carboxylic acids is 1. The molecule has 0 saturated carbocycles. The number of piperazine rings is 1. The van der Waals surface area contributed by atoms with Crippen molar-refractivity contribution in [3.8, 4) is 16.9 Å². The fourth-order valence-corrected chi connectivity index (χ4v) is 6.48. The number of thiazole rings is 1. The summed E-state index contributed by atoms with van der Waals surface area (Å²) in [7, 11) is 0. The van der Waals surface area contributed by atoms with Crippen LogP contribution in [0.2, 0.25) is 0 Å². The number of rotatable bonds is 6. The number of aryl methyl sites for hydroxylation is 2. The maximum absolute atomic E-state index is 14.2. The maximum Gasteiger partial charge on any atom is 0.268 e. The first kappa shape index (κ1) is 27.8. The van der Waals surface area contributed by atoms with Gasteiger partial charge in [-0.3, -0.25) is 14.0 Å². The second-order valence-electron chi connectivity index (χ2n) is 11.0. The van der Waals surface area contributed by atoms with E-state index in [2.05, 4.69) is 26.0 Å². The van der Waals surface area contributed by atoms with E-state index in [0.29, 0.717) is 65.4 Å². The second-order valence-corrected chi connectivity index (χ2v) is 11.9. The number of nitrogens with zero attached hydrogens (tertiary/aromatic N) is 6. The zero-order valence-corrected chi connectivity index (χ0v) is 25.0. The van der Waals surface area contributed by atoms with Crippen molar-refractivity contribution in [2.75, 3.05) is 31.1 Å². The molecule has 10 heteroatoms. The molecule has 5 aromatic rings. The minimum atomic E-state index is -0.260. The van der Waals surface area contributed by atoms with E-state index in [1.54, 1.807) is 21.4 Å². The summed E-state index contributed by atoms with van der Waals surface area (Å²) in [6.07, 6.45) is 0.0828. The standard InChI is InChI=1S/C32H33FN6O2S/c1-20(2)23-9-11-24(12-10-23)39-21(3)17-27(35-39)30-22(4)34-32-38(31(30)41)25(19-42-32)18-29(40)37-15-13-36(14-16-37)28-8-6-5-7-26(28)33/h5-12,17,19-20H,13-16,18H2,1-4H3. The highest BCUT2D eigenvalue weighted by atomic mass is 32.1. The van der Waals surface area contributed by atoms with Crippen molar-refractivity contribution in [2.45, 2.75) is 40.0 Å². The Morgan fingerprint density at radius 1 is 1.02 bits per heavy atom. The normalized spacial score (nSPS) is 13.9. The summed E-state index contributed by atoms with van der Waals surface area (Å²) in [5.74, 6) is 0.106. The fourth-order valence-electron chi connectivity index (χ4n) is 5.55. The summed E-state index contributed by atoms with van der Waals surface area (Å²) in [5, 5.41) is 6.63. The van der Waals surface area contributed by atoms with Crippen LogP contribution in [-0.4, -0.2) is 56.2 Å². The number of amides is 1. The SMILES string of the molecule is Cc1nc2scc(CC(=O)N3CCN(c4ccccc4F)CC3)n2c(=O)c1-c1cc(C)n(-c2ccc(C(C)C)cc2)n1. The lowest BCUT2D eigenvalue weighted by Gasteiger charge is -2.36. The van der Waals surface area contributed by atoms with Crippen molar-refractivity contribution in [1.29, 1.82) is 0 Å². The Kier molecular flexibility index (Phi) is 7.40. The second kappa shape index (κ2) is 11.2. The molecule has 6 rings (SSSR count). The first-order valence-electron chi connectivity index (χ1n) is 14.2. The van der Waals surface area contributed by atoms with Gasteiger partial charge in [-0.05, 0) is 55.7 Å². The van der Waals surface area contributed by atoms with Crippen LogP contribution in [0.15, 0.2) is 64.8 Å². The minimum Gasteiger partial charge on any atom is -0.366 e. The fraction of sp³-hybridized carbons (Fsp3) is 0.312. The molecule has 0 bridgehead atoms. The van der Waals surface area contributed by atoms with Gasteiger partial charge in [-0.1, -0.05) is 38.1 Å². The van der Waals surface area contributed by atoms with Crippen molar-refractivity contribution >= 4 is 27.9 Å². The minimum absolute atomic E-state index is 0.0677. The van der Waals surface area contributed by atoms with Gasteiger partial charge >= 0.3 is 0 Å². The molecule has 0 spiro atoms. The molecule has 4 heterocycles. The summed E-state index contributed by atoms with van der Waals surface area (Å²) >= 11 is 1.35. The predicted octanol–water partition coefficient (Wildman–Crippen LogP) is 5.38. The maximum atomic E-state index is 14.2. The van der Waals surface area contributed by atoms with Crippen molar-refractivity contribution in [3.63, 3.8) is 0 Å². The van der Waals surface area contributed by atoms with E-state index in [1.807, 2.05) is 53.1 Å². The Morgan fingerprint density at radius 2 is 1.74 bits per heavy atom. The average molecular weight is 585 g/mol. The quantitative estimate of drug-likeness (QED) is 0.268.